The van der Waals surface area contributed by atoms with E-state index in [4.69, 9.17) is 34.8 Å². The van der Waals surface area contributed by atoms with E-state index in [0.717, 1.165) is 13.0 Å². The fourth-order valence-corrected chi connectivity index (χ4v) is 1.28. The van der Waals surface area contributed by atoms with Gasteiger partial charge in [-0.3, -0.25) is 0 Å². The van der Waals surface area contributed by atoms with E-state index < -0.39 is 18.2 Å². The lowest BCUT2D eigenvalue weighted by molar-refractivity contribution is -0.189. The first-order valence-electron chi connectivity index (χ1n) is 3.96. The molecule has 0 radical (unpaired) electrons. The van der Waals surface area contributed by atoms with Gasteiger partial charge in [-0.15, -0.1) is 0 Å². The van der Waals surface area contributed by atoms with Crippen LogP contribution in [0.25, 0.3) is 0 Å². The third kappa shape index (κ3) is 3.30. The van der Waals surface area contributed by atoms with Crippen LogP contribution >= 0.6 is 34.8 Å². The van der Waals surface area contributed by atoms with E-state index >= 15 is 0 Å². The molecule has 1 heterocycles. The maximum Gasteiger partial charge on any atom is 0.425 e. The van der Waals surface area contributed by atoms with Crippen LogP contribution in [0.4, 0.5) is 13.2 Å². The van der Waals surface area contributed by atoms with Crippen molar-refractivity contribution in [3.8, 4) is 5.88 Å². The highest BCUT2D eigenvalue weighted by atomic mass is 35.5. The van der Waals surface area contributed by atoms with Gasteiger partial charge < -0.3 is 4.74 Å². The predicted molar refractivity (Wildman–Crippen MR) is 55.4 cm³/mol. The standard InChI is InChI=1S/C8H5Cl3F3NO/c1-3(8(12,13)14)16-7-5(10)2-4(9)6(11)15-7/h2-3H,1H3. The Morgan fingerprint density at radius 3 is 2.31 bits per heavy atom. The number of ether oxygens (including phenoxy) is 1. The zero-order valence-corrected chi connectivity index (χ0v) is 10.0. The molecule has 1 unspecified atom stereocenters. The van der Waals surface area contributed by atoms with Crippen LogP contribution in [0.15, 0.2) is 6.07 Å². The number of hydrogen-bond donors (Lipinski definition) is 0. The molecular formula is C8H5Cl3F3NO. The number of aromatic nitrogens is 1. The number of nitrogens with zero attached hydrogens (tertiary/aromatic N) is 1. The van der Waals surface area contributed by atoms with Gasteiger partial charge in [0.25, 0.3) is 0 Å². The van der Waals surface area contributed by atoms with Gasteiger partial charge in [-0.2, -0.15) is 18.2 Å². The van der Waals surface area contributed by atoms with Crippen LogP contribution in [0.1, 0.15) is 6.92 Å². The normalized spacial score (nSPS) is 13.7. The van der Waals surface area contributed by atoms with E-state index in [2.05, 4.69) is 9.72 Å². The van der Waals surface area contributed by atoms with Crippen molar-refractivity contribution in [2.45, 2.75) is 19.2 Å². The van der Waals surface area contributed by atoms with Crippen LogP contribution in [-0.2, 0) is 0 Å². The molecule has 1 aromatic rings. The Labute approximate surface area is 104 Å². The average molecular weight is 294 g/mol. The topological polar surface area (TPSA) is 22.1 Å². The monoisotopic (exact) mass is 293 g/mol. The Hall–Kier alpha value is -0.390. The molecule has 0 saturated carbocycles. The third-order valence-corrected chi connectivity index (χ3v) is 2.55. The minimum absolute atomic E-state index is 0.0404. The summed E-state index contributed by atoms with van der Waals surface area (Å²) in [5.41, 5.74) is 0. The van der Waals surface area contributed by atoms with E-state index in [1.165, 1.54) is 0 Å². The molecule has 0 aliphatic rings. The summed E-state index contributed by atoms with van der Waals surface area (Å²) in [5, 5.41) is -0.264. The molecule has 0 aliphatic heterocycles. The second kappa shape index (κ2) is 4.85. The van der Waals surface area contributed by atoms with E-state index in [1.807, 2.05) is 0 Å². The minimum Gasteiger partial charge on any atom is -0.464 e. The van der Waals surface area contributed by atoms with Crippen molar-refractivity contribution in [1.82, 2.24) is 4.98 Å². The molecule has 0 bridgehead atoms. The summed E-state index contributed by atoms with van der Waals surface area (Å²) in [6.07, 6.45) is -6.54. The van der Waals surface area contributed by atoms with E-state index in [-0.39, 0.29) is 15.2 Å². The fraction of sp³-hybridized carbons (Fsp3) is 0.375. The Morgan fingerprint density at radius 1 is 1.25 bits per heavy atom. The molecule has 8 heteroatoms. The second-order valence-corrected chi connectivity index (χ2v) is 4.02. The molecule has 0 N–H and O–H groups in total. The van der Waals surface area contributed by atoms with Gasteiger partial charge in [0, 0.05) is 0 Å². The molecule has 16 heavy (non-hydrogen) atoms. The van der Waals surface area contributed by atoms with Crippen molar-refractivity contribution in [3.63, 3.8) is 0 Å². The van der Waals surface area contributed by atoms with Crippen LogP contribution in [0, 0.1) is 0 Å². The minimum atomic E-state index is -4.50. The van der Waals surface area contributed by atoms with Crippen molar-refractivity contribution in [2.24, 2.45) is 0 Å². The van der Waals surface area contributed by atoms with E-state index in [9.17, 15) is 13.2 Å². The zero-order valence-electron chi connectivity index (χ0n) is 7.78. The maximum absolute atomic E-state index is 12.2. The largest absolute Gasteiger partial charge is 0.464 e. The molecule has 0 fully saturated rings. The van der Waals surface area contributed by atoms with Gasteiger partial charge in [0.2, 0.25) is 5.88 Å². The first-order chi connectivity index (χ1) is 7.21. The number of pyridine rings is 1. The quantitative estimate of drug-likeness (QED) is 0.756. The lowest BCUT2D eigenvalue weighted by Gasteiger charge is -2.17. The van der Waals surface area contributed by atoms with Gasteiger partial charge in [-0.1, -0.05) is 34.8 Å². The summed E-state index contributed by atoms with van der Waals surface area (Å²) in [5.74, 6) is -0.402. The lowest BCUT2D eigenvalue weighted by atomic mass is 10.4. The highest BCUT2D eigenvalue weighted by molar-refractivity contribution is 6.42. The van der Waals surface area contributed by atoms with Gasteiger partial charge in [-0.05, 0) is 13.0 Å². The number of hydrogen-bond acceptors (Lipinski definition) is 2. The van der Waals surface area contributed by atoms with Crippen molar-refractivity contribution < 1.29 is 17.9 Å². The summed E-state index contributed by atoms with van der Waals surface area (Å²) >= 11 is 16.7. The zero-order chi connectivity index (χ0) is 12.5. The molecule has 1 rings (SSSR count). The Morgan fingerprint density at radius 2 is 1.81 bits per heavy atom. The van der Waals surface area contributed by atoms with Crippen molar-refractivity contribution >= 4 is 34.8 Å². The number of rotatable bonds is 2. The number of halogens is 6. The first-order valence-corrected chi connectivity index (χ1v) is 5.10. The molecule has 1 atom stereocenters. The smallest absolute Gasteiger partial charge is 0.425 e. The summed E-state index contributed by atoms with van der Waals surface area (Å²) in [6, 6.07) is 1.16. The highest BCUT2D eigenvalue weighted by Gasteiger charge is 2.38. The average Bonchev–Trinajstić information content (AvgIpc) is 2.12. The highest BCUT2D eigenvalue weighted by Crippen LogP contribution is 2.33. The summed E-state index contributed by atoms with van der Waals surface area (Å²) in [7, 11) is 0. The van der Waals surface area contributed by atoms with E-state index in [1.54, 1.807) is 0 Å². The first kappa shape index (κ1) is 13.7. The number of alkyl halides is 3. The van der Waals surface area contributed by atoms with Crippen LogP contribution < -0.4 is 4.74 Å². The van der Waals surface area contributed by atoms with Crippen LogP contribution in [0.2, 0.25) is 15.2 Å². The molecule has 0 saturated heterocycles. The third-order valence-electron chi connectivity index (χ3n) is 1.60. The van der Waals surface area contributed by atoms with Gasteiger partial charge in [0.05, 0.1) is 5.02 Å². The molecular weight excluding hydrogens is 289 g/mol. The Kier molecular flexibility index (Phi) is 4.15. The van der Waals surface area contributed by atoms with E-state index in [0.29, 0.717) is 0 Å². The van der Waals surface area contributed by atoms with Gasteiger partial charge >= 0.3 is 6.18 Å². The van der Waals surface area contributed by atoms with Crippen molar-refractivity contribution in [1.29, 1.82) is 0 Å². The molecule has 0 aromatic carbocycles. The predicted octanol–water partition coefficient (Wildman–Crippen LogP) is 4.37. The van der Waals surface area contributed by atoms with Crippen LogP contribution in [0.5, 0.6) is 5.88 Å². The summed E-state index contributed by atoms with van der Waals surface area (Å²) < 4.78 is 41.1. The SMILES string of the molecule is CC(Oc1nc(Cl)c(Cl)cc1Cl)C(F)(F)F. The van der Waals surface area contributed by atoms with Gasteiger partial charge in [0.15, 0.2) is 11.3 Å². The second-order valence-electron chi connectivity index (χ2n) is 2.85. The molecule has 2 nitrogen and oxygen atoms in total. The fourth-order valence-electron chi connectivity index (χ4n) is 0.745. The molecule has 0 amide bonds. The summed E-state index contributed by atoms with van der Waals surface area (Å²) in [4.78, 5) is 3.51. The Balaban J connectivity index is 2.94. The van der Waals surface area contributed by atoms with Crippen molar-refractivity contribution in [2.75, 3.05) is 0 Å². The maximum atomic E-state index is 12.2. The lowest BCUT2D eigenvalue weighted by Crippen LogP contribution is -2.31. The summed E-state index contributed by atoms with van der Waals surface area (Å²) in [6.45, 7) is 0.834. The Bertz CT molecular complexity index is 397. The molecule has 90 valence electrons. The van der Waals surface area contributed by atoms with Gasteiger partial charge in [0.1, 0.15) is 5.02 Å². The molecule has 1 aromatic heterocycles. The van der Waals surface area contributed by atoms with Gasteiger partial charge in [-0.25, -0.2) is 0 Å². The molecule has 0 spiro atoms. The van der Waals surface area contributed by atoms with Crippen molar-refractivity contribution in [3.05, 3.63) is 21.3 Å². The van der Waals surface area contributed by atoms with Crippen LogP contribution in [-0.4, -0.2) is 17.3 Å². The van der Waals surface area contributed by atoms with Crippen LogP contribution in [0.3, 0.4) is 0 Å². The molecule has 0 aliphatic carbocycles.